The minimum absolute atomic E-state index is 0.0518. The van der Waals surface area contributed by atoms with Gasteiger partial charge in [0, 0.05) is 24.8 Å². The van der Waals surface area contributed by atoms with Crippen molar-refractivity contribution >= 4 is 11.6 Å². The molecule has 3 heterocycles. The summed E-state index contributed by atoms with van der Waals surface area (Å²) in [7, 11) is 0. The van der Waals surface area contributed by atoms with Gasteiger partial charge in [-0.05, 0) is 42.7 Å². The van der Waals surface area contributed by atoms with Crippen LogP contribution in [0.3, 0.4) is 0 Å². The van der Waals surface area contributed by atoms with Crippen molar-refractivity contribution in [2.75, 3.05) is 31.9 Å². The maximum absolute atomic E-state index is 12.5. The Labute approximate surface area is 193 Å². The second-order valence-corrected chi connectivity index (χ2v) is 8.87. The van der Waals surface area contributed by atoms with Gasteiger partial charge in [-0.3, -0.25) is 9.69 Å². The SMILES string of the molecule is O=C(C[C@H]1CC[C@@H]2[C@H](COC[C@H](O)CN2Cc2ccc3c(c2)OCO3)O1)Nc1ccccc1. The summed E-state index contributed by atoms with van der Waals surface area (Å²) in [5.74, 6) is 1.46. The molecule has 176 valence electrons. The van der Waals surface area contributed by atoms with Crippen LogP contribution in [-0.4, -0.2) is 66.8 Å². The highest BCUT2D eigenvalue weighted by atomic mass is 16.7. The molecule has 2 saturated heterocycles. The molecule has 1 amide bonds. The number of β-amino-alcohol motifs (C(OH)–C–C–N with tert-alkyl or cyclic N) is 1. The molecule has 0 unspecified atom stereocenters. The van der Waals surface area contributed by atoms with Crippen LogP contribution in [-0.2, 0) is 20.8 Å². The number of aliphatic hydroxyl groups is 1. The van der Waals surface area contributed by atoms with Gasteiger partial charge >= 0.3 is 0 Å². The number of hydrogen-bond acceptors (Lipinski definition) is 7. The summed E-state index contributed by atoms with van der Waals surface area (Å²) >= 11 is 0. The van der Waals surface area contributed by atoms with Crippen LogP contribution in [0.5, 0.6) is 11.5 Å². The quantitative estimate of drug-likeness (QED) is 0.718. The van der Waals surface area contributed by atoms with E-state index in [1.807, 2.05) is 48.5 Å². The van der Waals surface area contributed by atoms with E-state index in [4.69, 9.17) is 18.9 Å². The van der Waals surface area contributed by atoms with Gasteiger partial charge in [-0.25, -0.2) is 0 Å². The molecule has 0 spiro atoms. The molecule has 0 aliphatic carbocycles. The Morgan fingerprint density at radius 1 is 1.06 bits per heavy atom. The lowest BCUT2D eigenvalue weighted by atomic mass is 9.94. The van der Waals surface area contributed by atoms with E-state index in [9.17, 15) is 9.90 Å². The third-order valence-electron chi connectivity index (χ3n) is 6.38. The van der Waals surface area contributed by atoms with Crippen LogP contribution < -0.4 is 14.8 Å². The van der Waals surface area contributed by atoms with Crippen LogP contribution in [0.1, 0.15) is 24.8 Å². The zero-order valence-electron chi connectivity index (χ0n) is 18.5. The van der Waals surface area contributed by atoms with Gasteiger partial charge in [0.1, 0.15) is 0 Å². The number of fused-ring (bicyclic) bond motifs is 2. The van der Waals surface area contributed by atoms with E-state index < -0.39 is 6.10 Å². The van der Waals surface area contributed by atoms with Crippen LogP contribution in [0, 0.1) is 0 Å². The molecule has 2 aromatic rings. The lowest BCUT2D eigenvalue weighted by Gasteiger charge is -2.44. The van der Waals surface area contributed by atoms with Crippen molar-refractivity contribution in [1.29, 1.82) is 0 Å². The van der Waals surface area contributed by atoms with Gasteiger partial charge in [-0.1, -0.05) is 24.3 Å². The van der Waals surface area contributed by atoms with Crippen LogP contribution >= 0.6 is 0 Å². The van der Waals surface area contributed by atoms with Crippen molar-refractivity contribution in [3.05, 3.63) is 54.1 Å². The Morgan fingerprint density at radius 2 is 1.91 bits per heavy atom. The number of benzene rings is 2. The summed E-state index contributed by atoms with van der Waals surface area (Å²) in [6, 6.07) is 15.5. The van der Waals surface area contributed by atoms with Crippen molar-refractivity contribution in [2.45, 2.75) is 50.2 Å². The van der Waals surface area contributed by atoms with Crippen LogP contribution in [0.4, 0.5) is 5.69 Å². The largest absolute Gasteiger partial charge is 0.454 e. The Hall–Kier alpha value is -2.65. The first-order valence-electron chi connectivity index (χ1n) is 11.5. The van der Waals surface area contributed by atoms with Crippen LogP contribution in [0.15, 0.2) is 48.5 Å². The summed E-state index contributed by atoms with van der Waals surface area (Å²) in [6.07, 6.45) is 1.08. The molecule has 0 saturated carbocycles. The average molecular weight is 455 g/mol. The molecule has 3 aliphatic heterocycles. The number of nitrogens with zero attached hydrogens (tertiary/aromatic N) is 1. The van der Waals surface area contributed by atoms with Gasteiger partial charge in [0.05, 0.1) is 37.9 Å². The lowest BCUT2D eigenvalue weighted by molar-refractivity contribution is -0.156. The zero-order valence-corrected chi connectivity index (χ0v) is 18.5. The number of ether oxygens (including phenoxy) is 4. The molecule has 0 radical (unpaired) electrons. The highest BCUT2D eigenvalue weighted by Gasteiger charge is 2.38. The number of carbonyl (C=O) groups excluding carboxylic acids is 1. The number of carbonyl (C=O) groups is 1. The van der Waals surface area contributed by atoms with Crippen molar-refractivity contribution < 1.29 is 28.8 Å². The van der Waals surface area contributed by atoms with Crippen molar-refractivity contribution in [3.63, 3.8) is 0 Å². The lowest BCUT2D eigenvalue weighted by Crippen LogP contribution is -2.55. The molecule has 2 fully saturated rings. The summed E-state index contributed by atoms with van der Waals surface area (Å²) in [5, 5.41) is 13.3. The minimum atomic E-state index is -0.561. The number of hydrogen-bond donors (Lipinski definition) is 2. The number of amides is 1. The Balaban J connectivity index is 1.23. The first-order valence-corrected chi connectivity index (χ1v) is 11.5. The van der Waals surface area contributed by atoms with E-state index in [0.29, 0.717) is 26.1 Å². The molecular formula is C25H30N2O6. The molecule has 2 N–H and O–H groups in total. The molecule has 5 rings (SSSR count). The Bertz CT molecular complexity index is 955. The summed E-state index contributed by atoms with van der Waals surface area (Å²) in [4.78, 5) is 14.8. The van der Waals surface area contributed by atoms with E-state index >= 15 is 0 Å². The smallest absolute Gasteiger partial charge is 0.231 e. The second kappa shape index (κ2) is 10.1. The third kappa shape index (κ3) is 5.47. The topological polar surface area (TPSA) is 89.5 Å². The zero-order chi connectivity index (χ0) is 22.6. The maximum Gasteiger partial charge on any atom is 0.231 e. The van der Waals surface area contributed by atoms with Crippen molar-refractivity contribution in [2.24, 2.45) is 0 Å². The van der Waals surface area contributed by atoms with Crippen LogP contribution in [0.25, 0.3) is 0 Å². The third-order valence-corrected chi connectivity index (χ3v) is 6.38. The molecular weight excluding hydrogens is 424 g/mol. The van der Waals surface area contributed by atoms with Gasteiger partial charge in [0.15, 0.2) is 11.5 Å². The van der Waals surface area contributed by atoms with Crippen molar-refractivity contribution in [1.82, 2.24) is 4.90 Å². The highest BCUT2D eigenvalue weighted by Crippen LogP contribution is 2.34. The van der Waals surface area contributed by atoms with Gasteiger partial charge in [0.25, 0.3) is 0 Å². The minimum Gasteiger partial charge on any atom is -0.454 e. The number of aliphatic hydroxyl groups excluding tert-OH is 1. The fourth-order valence-corrected chi connectivity index (χ4v) is 4.84. The van der Waals surface area contributed by atoms with E-state index in [0.717, 1.165) is 35.6 Å². The molecule has 33 heavy (non-hydrogen) atoms. The predicted molar refractivity (Wildman–Crippen MR) is 121 cm³/mol. The summed E-state index contributed by atoms with van der Waals surface area (Å²) in [5.41, 5.74) is 1.88. The van der Waals surface area contributed by atoms with Gasteiger partial charge in [0.2, 0.25) is 12.7 Å². The maximum atomic E-state index is 12.5. The van der Waals surface area contributed by atoms with E-state index in [-0.39, 0.29) is 37.6 Å². The average Bonchev–Trinajstić information content (AvgIpc) is 3.26. The molecule has 2 aromatic carbocycles. The first-order chi connectivity index (χ1) is 16.1. The first kappa shape index (κ1) is 22.2. The van der Waals surface area contributed by atoms with E-state index in [1.165, 1.54) is 0 Å². The Kier molecular flexibility index (Phi) is 6.78. The molecule has 0 aromatic heterocycles. The molecule has 4 atom stereocenters. The molecule has 8 heteroatoms. The van der Waals surface area contributed by atoms with E-state index in [2.05, 4.69) is 10.2 Å². The standard InChI is InChI=1S/C25H30N2O6/c28-19-13-27(12-17-6-9-22-23(10-17)32-16-31-22)21-8-7-20(33-24(21)15-30-14-19)11-25(29)26-18-4-2-1-3-5-18/h1-6,9-10,19-21,24,28H,7-8,11-16H2,(H,26,29)/t19-,20-,21-,24+/m1/s1. The molecule has 0 bridgehead atoms. The van der Waals surface area contributed by atoms with Gasteiger partial charge in [-0.2, -0.15) is 0 Å². The van der Waals surface area contributed by atoms with Gasteiger partial charge < -0.3 is 29.4 Å². The Morgan fingerprint density at radius 3 is 2.79 bits per heavy atom. The fraction of sp³-hybridized carbons (Fsp3) is 0.480. The van der Waals surface area contributed by atoms with Crippen molar-refractivity contribution in [3.8, 4) is 11.5 Å². The molecule has 8 nitrogen and oxygen atoms in total. The summed E-state index contributed by atoms with van der Waals surface area (Å²) in [6.45, 7) is 2.07. The van der Waals surface area contributed by atoms with Crippen LogP contribution in [0.2, 0.25) is 0 Å². The summed E-state index contributed by atoms with van der Waals surface area (Å²) < 4.78 is 23.0. The number of nitrogens with one attached hydrogen (secondary N) is 1. The predicted octanol–water partition coefficient (Wildman–Crippen LogP) is 2.55. The monoisotopic (exact) mass is 454 g/mol. The van der Waals surface area contributed by atoms with Gasteiger partial charge in [-0.15, -0.1) is 0 Å². The second-order valence-electron chi connectivity index (χ2n) is 8.87. The highest BCUT2D eigenvalue weighted by molar-refractivity contribution is 5.90. The normalized spacial score (nSPS) is 27.3. The number of para-hydroxylation sites is 1. The number of anilines is 1. The number of rotatable bonds is 5. The van der Waals surface area contributed by atoms with E-state index in [1.54, 1.807) is 0 Å². The fourth-order valence-electron chi connectivity index (χ4n) is 4.84. The molecule has 3 aliphatic rings.